The van der Waals surface area contributed by atoms with Crippen molar-refractivity contribution in [1.82, 2.24) is 14.0 Å². The molecular formula is C32H32F5N5O3. The van der Waals surface area contributed by atoms with Crippen LogP contribution in [0.4, 0.5) is 27.6 Å². The molecule has 2 heterocycles. The van der Waals surface area contributed by atoms with E-state index >= 15 is 0 Å². The molecule has 1 atom stereocenters. The van der Waals surface area contributed by atoms with E-state index in [1.54, 1.807) is 48.2 Å². The Labute approximate surface area is 255 Å². The minimum absolute atomic E-state index is 0.176. The van der Waals surface area contributed by atoms with Gasteiger partial charge in [-0.1, -0.05) is 54.6 Å². The summed E-state index contributed by atoms with van der Waals surface area (Å²) < 4.78 is 74.5. The lowest BCUT2D eigenvalue weighted by Gasteiger charge is -2.37. The Morgan fingerprint density at radius 1 is 0.822 bits per heavy atom. The summed E-state index contributed by atoms with van der Waals surface area (Å²) in [5.74, 6) is -1.94. The first-order valence-electron chi connectivity index (χ1n) is 14.3. The van der Waals surface area contributed by atoms with E-state index in [1.165, 1.54) is 22.8 Å². The van der Waals surface area contributed by atoms with Gasteiger partial charge in [0.25, 0.3) is 5.56 Å². The molecule has 1 aromatic heterocycles. The van der Waals surface area contributed by atoms with Crippen LogP contribution in [-0.4, -0.2) is 46.6 Å². The molecule has 8 nitrogen and oxygen atoms in total. The Hall–Kier alpha value is -4.49. The third-order valence-corrected chi connectivity index (χ3v) is 7.92. The summed E-state index contributed by atoms with van der Waals surface area (Å²) in [6, 6.07) is 17.5. The van der Waals surface area contributed by atoms with Crippen LogP contribution in [0.5, 0.6) is 5.75 Å². The molecular weight excluding hydrogens is 597 g/mol. The summed E-state index contributed by atoms with van der Waals surface area (Å²) in [7, 11) is 0. The zero-order valence-corrected chi connectivity index (χ0v) is 24.4. The highest BCUT2D eigenvalue weighted by molar-refractivity contribution is 5.50. The molecule has 238 valence electrons. The first kappa shape index (κ1) is 31.9. The van der Waals surface area contributed by atoms with Crippen molar-refractivity contribution < 1.29 is 26.7 Å². The molecule has 2 N–H and O–H groups in total. The molecule has 1 fully saturated rings. The summed E-state index contributed by atoms with van der Waals surface area (Å²) in [5.41, 5.74) is 6.20. The molecule has 3 aromatic carbocycles. The highest BCUT2D eigenvalue weighted by atomic mass is 19.4. The van der Waals surface area contributed by atoms with E-state index < -0.39 is 41.8 Å². The second kappa shape index (κ2) is 13.2. The second-order valence-electron chi connectivity index (χ2n) is 10.9. The number of halogens is 5. The SMILES string of the molecule is Cc1c(N2CCN(Cc3ccccc3OC(F)(F)F)CC2)c(=O)n(CC(N)c2ccccc2)c(=O)n1Cc1c(F)cccc1F. The smallest absolute Gasteiger partial charge is 0.405 e. The second-order valence-corrected chi connectivity index (χ2v) is 10.9. The lowest BCUT2D eigenvalue weighted by atomic mass is 10.1. The number of para-hydroxylation sites is 1. The van der Waals surface area contributed by atoms with Crippen LogP contribution in [0.25, 0.3) is 0 Å². The van der Waals surface area contributed by atoms with Gasteiger partial charge in [0.2, 0.25) is 0 Å². The van der Waals surface area contributed by atoms with E-state index in [9.17, 15) is 31.5 Å². The lowest BCUT2D eigenvalue weighted by Crippen LogP contribution is -2.51. The van der Waals surface area contributed by atoms with Crippen molar-refractivity contribution in [2.75, 3.05) is 31.1 Å². The predicted molar refractivity (Wildman–Crippen MR) is 159 cm³/mol. The van der Waals surface area contributed by atoms with E-state index in [2.05, 4.69) is 4.74 Å². The highest BCUT2D eigenvalue weighted by Gasteiger charge is 2.32. The van der Waals surface area contributed by atoms with Crippen molar-refractivity contribution in [2.45, 2.75) is 39.0 Å². The molecule has 0 bridgehead atoms. The zero-order chi connectivity index (χ0) is 32.3. The monoisotopic (exact) mass is 629 g/mol. The molecule has 0 spiro atoms. The van der Waals surface area contributed by atoms with E-state index in [0.29, 0.717) is 37.3 Å². The highest BCUT2D eigenvalue weighted by Crippen LogP contribution is 2.28. The van der Waals surface area contributed by atoms with Crippen molar-refractivity contribution in [3.63, 3.8) is 0 Å². The maximum Gasteiger partial charge on any atom is 0.573 e. The number of piperazine rings is 1. The fourth-order valence-corrected chi connectivity index (χ4v) is 5.57. The van der Waals surface area contributed by atoms with Crippen LogP contribution in [0.3, 0.4) is 0 Å². The normalized spacial score (nSPS) is 14.9. The van der Waals surface area contributed by atoms with Crippen LogP contribution in [0.15, 0.2) is 82.4 Å². The number of nitrogens with two attached hydrogens (primary N) is 1. The number of benzene rings is 3. The molecule has 0 radical (unpaired) electrons. The summed E-state index contributed by atoms with van der Waals surface area (Å²) in [5, 5.41) is 0. The Bertz CT molecular complexity index is 1750. The van der Waals surface area contributed by atoms with Crippen LogP contribution >= 0.6 is 0 Å². The minimum atomic E-state index is -4.83. The van der Waals surface area contributed by atoms with Crippen molar-refractivity contribution in [1.29, 1.82) is 0 Å². The van der Waals surface area contributed by atoms with Crippen molar-refractivity contribution >= 4 is 5.69 Å². The number of nitrogens with zero attached hydrogens (tertiary/aromatic N) is 4. The predicted octanol–water partition coefficient (Wildman–Crippen LogP) is 4.57. The molecule has 1 aliphatic rings. The quantitative estimate of drug-likeness (QED) is 0.273. The number of anilines is 1. The van der Waals surface area contributed by atoms with Crippen LogP contribution in [0, 0.1) is 18.6 Å². The van der Waals surface area contributed by atoms with Gasteiger partial charge in [-0.3, -0.25) is 18.8 Å². The average molecular weight is 630 g/mol. The molecule has 13 heteroatoms. The van der Waals surface area contributed by atoms with E-state index in [4.69, 9.17) is 5.73 Å². The Morgan fingerprint density at radius 3 is 2.09 bits per heavy atom. The van der Waals surface area contributed by atoms with E-state index in [0.717, 1.165) is 16.7 Å². The first-order valence-corrected chi connectivity index (χ1v) is 14.3. The van der Waals surface area contributed by atoms with Gasteiger partial charge in [0.15, 0.2) is 0 Å². The number of hydrogen-bond acceptors (Lipinski definition) is 6. The number of aromatic nitrogens is 2. The Kier molecular flexibility index (Phi) is 9.40. The minimum Gasteiger partial charge on any atom is -0.405 e. The molecule has 0 amide bonds. The fraction of sp³-hybridized carbons (Fsp3) is 0.312. The van der Waals surface area contributed by atoms with E-state index in [-0.39, 0.29) is 35.8 Å². The summed E-state index contributed by atoms with van der Waals surface area (Å²) in [4.78, 5) is 31.4. The average Bonchev–Trinajstić information content (AvgIpc) is 3.00. The fourth-order valence-electron chi connectivity index (χ4n) is 5.57. The van der Waals surface area contributed by atoms with Crippen molar-refractivity contribution in [3.8, 4) is 5.75 Å². The van der Waals surface area contributed by atoms with E-state index in [1.807, 2.05) is 11.0 Å². The third kappa shape index (κ3) is 7.26. The number of rotatable bonds is 9. The van der Waals surface area contributed by atoms with Crippen LogP contribution in [-0.2, 0) is 19.6 Å². The molecule has 45 heavy (non-hydrogen) atoms. The topological polar surface area (TPSA) is 85.7 Å². The molecule has 1 unspecified atom stereocenters. The molecule has 1 aliphatic heterocycles. The lowest BCUT2D eigenvalue weighted by molar-refractivity contribution is -0.275. The summed E-state index contributed by atoms with van der Waals surface area (Å²) >= 11 is 0. The van der Waals surface area contributed by atoms with Crippen LogP contribution in [0.2, 0.25) is 0 Å². The molecule has 5 rings (SSSR count). The van der Waals surface area contributed by atoms with Gasteiger partial charge in [0, 0.05) is 55.6 Å². The third-order valence-electron chi connectivity index (χ3n) is 7.92. The van der Waals surface area contributed by atoms with Gasteiger partial charge in [0.1, 0.15) is 23.1 Å². The Morgan fingerprint density at radius 2 is 1.44 bits per heavy atom. The molecule has 4 aromatic rings. The maximum atomic E-state index is 14.7. The van der Waals surface area contributed by atoms with Gasteiger partial charge in [-0.25, -0.2) is 13.6 Å². The van der Waals surface area contributed by atoms with Gasteiger partial charge in [-0.15, -0.1) is 13.2 Å². The van der Waals surface area contributed by atoms with Gasteiger partial charge in [-0.2, -0.15) is 0 Å². The standard InChI is InChI=1S/C32H32F5N5O3/c1-21-29(40-16-14-39(15-17-40)18-23-10-5-6-13-28(23)45-32(35,36)37)30(43)42(20-27(38)22-8-3-2-4-9-22)31(44)41(21)19-24-25(33)11-7-12-26(24)34/h2-13,27H,14-20,38H2,1H3. The van der Waals surface area contributed by atoms with Crippen molar-refractivity contribution in [3.05, 3.63) is 128 Å². The van der Waals surface area contributed by atoms with Gasteiger partial charge >= 0.3 is 12.1 Å². The van der Waals surface area contributed by atoms with Crippen LogP contribution < -0.4 is 26.6 Å². The van der Waals surface area contributed by atoms with Gasteiger partial charge in [-0.05, 0) is 30.7 Å². The van der Waals surface area contributed by atoms with Gasteiger partial charge in [0.05, 0.1) is 13.1 Å². The maximum absolute atomic E-state index is 14.7. The summed E-state index contributed by atoms with van der Waals surface area (Å²) in [6.45, 7) is 2.47. The Balaban J connectivity index is 1.46. The molecule has 0 aliphatic carbocycles. The first-order chi connectivity index (χ1) is 21.4. The molecule has 1 saturated heterocycles. The number of ether oxygens (including phenoxy) is 1. The number of hydrogen-bond donors (Lipinski definition) is 1. The zero-order valence-electron chi connectivity index (χ0n) is 24.4. The largest absolute Gasteiger partial charge is 0.573 e. The molecule has 0 saturated carbocycles. The van der Waals surface area contributed by atoms with Crippen LogP contribution in [0.1, 0.15) is 28.4 Å². The summed E-state index contributed by atoms with van der Waals surface area (Å²) in [6.07, 6.45) is -4.83. The number of alkyl halides is 3. The van der Waals surface area contributed by atoms with Gasteiger partial charge < -0.3 is 15.4 Å². The van der Waals surface area contributed by atoms with Crippen molar-refractivity contribution in [2.24, 2.45) is 5.73 Å².